The summed E-state index contributed by atoms with van der Waals surface area (Å²) in [7, 11) is -4.07. The molecule has 0 atom stereocenters. The summed E-state index contributed by atoms with van der Waals surface area (Å²) in [6.07, 6.45) is 0. The highest BCUT2D eigenvalue weighted by Gasteiger charge is 2.20. The zero-order valence-electron chi connectivity index (χ0n) is 9.87. The van der Waals surface area contributed by atoms with E-state index in [-0.39, 0.29) is 17.3 Å². The molecule has 0 unspecified atom stereocenters. The van der Waals surface area contributed by atoms with Crippen molar-refractivity contribution in [1.29, 1.82) is 0 Å². The van der Waals surface area contributed by atoms with Gasteiger partial charge in [-0.25, -0.2) is 12.8 Å². The van der Waals surface area contributed by atoms with Crippen molar-refractivity contribution >= 4 is 26.5 Å². The van der Waals surface area contributed by atoms with Crippen molar-refractivity contribution in [2.24, 2.45) is 0 Å². The van der Waals surface area contributed by atoms with E-state index < -0.39 is 20.7 Å². The molecule has 104 valence electrons. The lowest BCUT2D eigenvalue weighted by molar-refractivity contribution is 0.350. The molecule has 0 amide bonds. The highest BCUT2D eigenvalue weighted by atomic mass is 32.2. The quantitative estimate of drug-likeness (QED) is 0.819. The fourth-order valence-corrected chi connectivity index (χ4v) is 3.08. The largest absolute Gasteiger partial charge is 0.384 e. The second kappa shape index (κ2) is 5.96. The molecule has 2 N–H and O–H groups in total. The molecule has 6 nitrogen and oxygen atoms in total. The number of nitrogens with zero attached hydrogens (tertiary/aromatic N) is 2. The average molecular weight is 313 g/mol. The van der Waals surface area contributed by atoms with Gasteiger partial charge in [-0.2, -0.15) is 0 Å². The standard InChI is InChI=1S/C11H8FN3O3S2/c12-9-6-8(2-1-5-16)3-4-10(9)20(17,18)15-11-14-13-7-19-11/h3-4,6-7,16H,5H2,(H,14,15). The molecule has 0 saturated carbocycles. The highest BCUT2D eigenvalue weighted by molar-refractivity contribution is 7.93. The number of benzene rings is 1. The minimum atomic E-state index is -4.07. The van der Waals surface area contributed by atoms with Gasteiger partial charge in [-0.05, 0) is 18.2 Å². The van der Waals surface area contributed by atoms with Crippen LogP contribution >= 0.6 is 11.3 Å². The van der Waals surface area contributed by atoms with Gasteiger partial charge in [-0.1, -0.05) is 23.2 Å². The van der Waals surface area contributed by atoms with Gasteiger partial charge in [0, 0.05) is 5.56 Å². The average Bonchev–Trinajstić information content (AvgIpc) is 2.88. The Balaban J connectivity index is 2.33. The fourth-order valence-electron chi connectivity index (χ4n) is 1.33. The number of anilines is 1. The van der Waals surface area contributed by atoms with Gasteiger partial charge in [0.25, 0.3) is 10.0 Å². The van der Waals surface area contributed by atoms with Crippen LogP contribution in [0.15, 0.2) is 28.6 Å². The molecule has 0 aliphatic heterocycles. The number of hydrogen-bond acceptors (Lipinski definition) is 6. The zero-order valence-corrected chi connectivity index (χ0v) is 11.5. The third kappa shape index (κ3) is 3.30. The number of hydrogen-bond donors (Lipinski definition) is 2. The van der Waals surface area contributed by atoms with Gasteiger partial charge < -0.3 is 5.11 Å². The van der Waals surface area contributed by atoms with Crippen molar-refractivity contribution in [2.75, 3.05) is 11.3 Å². The Morgan fingerprint density at radius 2 is 2.25 bits per heavy atom. The van der Waals surface area contributed by atoms with Crippen LogP contribution in [0.25, 0.3) is 0 Å². The fraction of sp³-hybridized carbons (Fsp3) is 0.0909. The van der Waals surface area contributed by atoms with Gasteiger partial charge in [0.1, 0.15) is 22.8 Å². The summed E-state index contributed by atoms with van der Waals surface area (Å²) in [5.74, 6) is 3.89. The molecule has 0 radical (unpaired) electrons. The van der Waals surface area contributed by atoms with Crippen LogP contribution in [0.2, 0.25) is 0 Å². The predicted octanol–water partition coefficient (Wildman–Crippen LogP) is 0.822. The van der Waals surface area contributed by atoms with Crippen LogP contribution in [-0.2, 0) is 10.0 Å². The van der Waals surface area contributed by atoms with Gasteiger partial charge in [-0.3, -0.25) is 4.72 Å². The smallest absolute Gasteiger partial charge is 0.266 e. The summed E-state index contributed by atoms with van der Waals surface area (Å²) < 4.78 is 39.9. The Kier molecular flexibility index (Phi) is 4.29. The van der Waals surface area contributed by atoms with E-state index >= 15 is 0 Å². The van der Waals surface area contributed by atoms with Crippen molar-refractivity contribution < 1.29 is 17.9 Å². The first kappa shape index (κ1) is 14.4. The first-order valence-corrected chi connectivity index (χ1v) is 7.57. The number of nitrogens with one attached hydrogen (secondary N) is 1. The first-order chi connectivity index (χ1) is 9.53. The molecular formula is C11H8FN3O3S2. The lowest BCUT2D eigenvalue weighted by Gasteiger charge is -2.06. The monoisotopic (exact) mass is 313 g/mol. The van der Waals surface area contributed by atoms with Gasteiger partial charge >= 0.3 is 0 Å². The van der Waals surface area contributed by atoms with Gasteiger partial charge in [-0.15, -0.1) is 10.2 Å². The number of halogens is 1. The van der Waals surface area contributed by atoms with Crippen LogP contribution in [0, 0.1) is 17.7 Å². The molecule has 20 heavy (non-hydrogen) atoms. The van der Waals surface area contributed by atoms with Gasteiger partial charge in [0.15, 0.2) is 0 Å². The van der Waals surface area contributed by atoms with Crippen LogP contribution in [0.1, 0.15) is 5.56 Å². The van der Waals surface area contributed by atoms with Gasteiger partial charge in [0.2, 0.25) is 5.13 Å². The minimum Gasteiger partial charge on any atom is -0.384 e. The molecule has 0 fully saturated rings. The maximum Gasteiger partial charge on any atom is 0.266 e. The molecule has 0 aliphatic carbocycles. The number of sulfonamides is 1. The van der Waals surface area contributed by atoms with Crippen molar-refractivity contribution in [2.45, 2.75) is 4.90 Å². The topological polar surface area (TPSA) is 92.2 Å². The van der Waals surface area contributed by atoms with Crippen LogP contribution in [0.5, 0.6) is 0 Å². The Morgan fingerprint density at radius 1 is 1.45 bits per heavy atom. The van der Waals surface area contributed by atoms with E-state index in [1.54, 1.807) is 0 Å². The molecular weight excluding hydrogens is 305 g/mol. The molecule has 1 aromatic carbocycles. The maximum atomic E-state index is 13.8. The number of aliphatic hydroxyl groups excluding tert-OH is 1. The van der Waals surface area contributed by atoms with Gasteiger partial charge in [0.05, 0.1) is 0 Å². The van der Waals surface area contributed by atoms with Crippen molar-refractivity contribution in [3.05, 3.63) is 35.1 Å². The van der Waals surface area contributed by atoms with E-state index in [9.17, 15) is 12.8 Å². The molecule has 0 spiro atoms. The van der Waals surface area contributed by atoms with Crippen molar-refractivity contribution in [1.82, 2.24) is 10.2 Å². The third-order valence-electron chi connectivity index (χ3n) is 2.11. The van der Waals surface area contributed by atoms with E-state index in [0.717, 1.165) is 23.5 Å². The highest BCUT2D eigenvalue weighted by Crippen LogP contribution is 2.20. The lowest BCUT2D eigenvalue weighted by atomic mass is 10.2. The maximum absolute atomic E-state index is 13.8. The van der Waals surface area contributed by atoms with E-state index in [1.807, 2.05) is 0 Å². The molecule has 9 heteroatoms. The zero-order chi connectivity index (χ0) is 14.6. The Bertz CT molecular complexity index is 764. The van der Waals surface area contributed by atoms with Crippen LogP contribution in [0.3, 0.4) is 0 Å². The second-order valence-electron chi connectivity index (χ2n) is 3.45. The van der Waals surface area contributed by atoms with E-state index in [0.29, 0.717) is 0 Å². The van der Waals surface area contributed by atoms with E-state index in [4.69, 9.17) is 5.11 Å². The summed E-state index contributed by atoms with van der Waals surface area (Å²) >= 11 is 0.979. The predicted molar refractivity (Wildman–Crippen MR) is 71.1 cm³/mol. The Hall–Kier alpha value is -2.02. The second-order valence-corrected chi connectivity index (χ2v) is 5.94. The SMILES string of the molecule is O=S(=O)(Nc1nncs1)c1ccc(C#CCO)cc1F. The number of aliphatic hydroxyl groups is 1. The summed E-state index contributed by atoms with van der Waals surface area (Å²) in [4.78, 5) is -0.512. The molecule has 0 bridgehead atoms. The lowest BCUT2D eigenvalue weighted by Crippen LogP contribution is -2.14. The summed E-state index contributed by atoms with van der Waals surface area (Å²) in [6, 6.07) is 3.43. The summed E-state index contributed by atoms with van der Waals surface area (Å²) in [6.45, 7) is -0.361. The first-order valence-electron chi connectivity index (χ1n) is 5.21. The van der Waals surface area contributed by atoms with Crippen molar-refractivity contribution in [3.63, 3.8) is 0 Å². The Labute approximate surface area is 118 Å². The van der Waals surface area contributed by atoms with Crippen LogP contribution < -0.4 is 4.72 Å². The summed E-state index contributed by atoms with van der Waals surface area (Å²) in [5.41, 5.74) is 1.62. The molecule has 2 aromatic rings. The molecule has 0 saturated heterocycles. The molecule has 0 aliphatic rings. The molecule has 1 heterocycles. The number of rotatable bonds is 3. The Morgan fingerprint density at radius 3 is 2.85 bits per heavy atom. The minimum absolute atomic E-state index is 0.0496. The third-order valence-corrected chi connectivity index (χ3v) is 4.22. The molecule has 1 aromatic heterocycles. The van der Waals surface area contributed by atoms with Crippen LogP contribution in [0.4, 0.5) is 9.52 Å². The molecule has 2 rings (SSSR count). The normalized spacial score (nSPS) is 10.7. The number of aromatic nitrogens is 2. The summed E-state index contributed by atoms with van der Waals surface area (Å²) in [5, 5.41) is 15.6. The van der Waals surface area contributed by atoms with Crippen molar-refractivity contribution in [3.8, 4) is 11.8 Å². The van der Waals surface area contributed by atoms with Crippen LogP contribution in [-0.4, -0.2) is 30.3 Å². The van der Waals surface area contributed by atoms with E-state index in [1.165, 1.54) is 11.6 Å². The van der Waals surface area contributed by atoms with E-state index in [2.05, 4.69) is 26.8 Å².